The van der Waals surface area contributed by atoms with Gasteiger partial charge in [0.25, 0.3) is 0 Å². The van der Waals surface area contributed by atoms with E-state index in [2.05, 4.69) is 5.32 Å². The predicted molar refractivity (Wildman–Crippen MR) is 106 cm³/mol. The lowest BCUT2D eigenvalue weighted by Crippen LogP contribution is -2.50. The van der Waals surface area contributed by atoms with Gasteiger partial charge in [0.2, 0.25) is 5.91 Å². The third-order valence-electron chi connectivity index (χ3n) is 5.11. The summed E-state index contributed by atoms with van der Waals surface area (Å²) in [6.07, 6.45) is 2.12. The molecule has 0 saturated carbocycles. The van der Waals surface area contributed by atoms with Crippen LogP contribution in [0.3, 0.4) is 0 Å². The molecule has 1 saturated heterocycles. The van der Waals surface area contributed by atoms with Crippen LogP contribution in [0.1, 0.15) is 68.2 Å². The van der Waals surface area contributed by atoms with Crippen LogP contribution < -0.4 is 11.1 Å². The van der Waals surface area contributed by atoms with E-state index in [9.17, 15) is 9.59 Å². The van der Waals surface area contributed by atoms with Gasteiger partial charge < -0.3 is 25.1 Å². The van der Waals surface area contributed by atoms with Crippen LogP contribution >= 0.6 is 0 Å². The molecule has 1 fully saturated rings. The number of esters is 1. The average Bonchev–Trinajstić information content (AvgIpc) is 2.67. The first-order valence-electron chi connectivity index (χ1n) is 9.74. The lowest BCUT2D eigenvalue weighted by atomic mass is 9.80. The number of nitrogens with one attached hydrogen (secondary N) is 1. The van der Waals surface area contributed by atoms with Crippen LogP contribution in [0.4, 0.5) is 0 Å². The molecule has 0 unspecified atom stereocenters. The van der Waals surface area contributed by atoms with Crippen molar-refractivity contribution in [2.75, 3.05) is 6.54 Å². The Morgan fingerprint density at radius 3 is 2.07 bits per heavy atom. The monoisotopic (exact) mass is 384 g/mol. The Labute approximate surface area is 164 Å². The van der Waals surface area contributed by atoms with Crippen LogP contribution in [-0.4, -0.2) is 48.4 Å². The smallest absolute Gasteiger partial charge is 0.457 e. The third-order valence-corrected chi connectivity index (χ3v) is 5.11. The Morgan fingerprint density at radius 2 is 1.67 bits per heavy atom. The van der Waals surface area contributed by atoms with Crippen molar-refractivity contribution >= 4 is 19.0 Å². The predicted octanol–water partition coefficient (Wildman–Crippen LogP) is 2.28. The Bertz CT molecular complexity index is 515. The van der Waals surface area contributed by atoms with E-state index in [0.29, 0.717) is 12.7 Å². The summed E-state index contributed by atoms with van der Waals surface area (Å²) in [5.74, 6) is -0.953. The maximum absolute atomic E-state index is 12.5. The summed E-state index contributed by atoms with van der Waals surface area (Å²) in [5.41, 5.74) is 4.56. The molecule has 0 aromatic carbocycles. The number of carbonyl (C=O) groups excluding carboxylic acids is 2. The van der Waals surface area contributed by atoms with Gasteiger partial charge in [-0.3, -0.25) is 4.79 Å². The summed E-state index contributed by atoms with van der Waals surface area (Å²) in [7, 11) is -0.283. The van der Waals surface area contributed by atoms with Crippen molar-refractivity contribution in [2.24, 2.45) is 11.7 Å². The minimum absolute atomic E-state index is 0.217. The van der Waals surface area contributed by atoms with E-state index in [1.807, 2.05) is 27.7 Å². The highest BCUT2D eigenvalue weighted by Gasteiger charge is 2.50. The highest BCUT2D eigenvalue weighted by molar-refractivity contribution is 6.45. The molecule has 0 bridgehead atoms. The quantitative estimate of drug-likeness (QED) is 0.492. The van der Waals surface area contributed by atoms with Crippen LogP contribution in [0.5, 0.6) is 0 Å². The van der Waals surface area contributed by atoms with E-state index in [4.69, 9.17) is 19.8 Å². The molecule has 2 atom stereocenters. The second-order valence-electron chi connectivity index (χ2n) is 9.32. The molecule has 27 heavy (non-hydrogen) atoms. The van der Waals surface area contributed by atoms with Gasteiger partial charge >= 0.3 is 13.1 Å². The van der Waals surface area contributed by atoms with Crippen molar-refractivity contribution < 1.29 is 23.6 Å². The van der Waals surface area contributed by atoms with Crippen LogP contribution in [0, 0.1) is 5.92 Å². The molecular formula is C19H37BN2O5. The van der Waals surface area contributed by atoms with Gasteiger partial charge in [0, 0.05) is 12.8 Å². The van der Waals surface area contributed by atoms with Gasteiger partial charge in [0.15, 0.2) is 0 Å². The molecule has 1 rings (SSSR count). The Balaban J connectivity index is 2.67. The van der Waals surface area contributed by atoms with Gasteiger partial charge in [-0.25, -0.2) is 4.79 Å². The molecule has 0 spiro atoms. The summed E-state index contributed by atoms with van der Waals surface area (Å²) in [5, 5.41) is 2.70. The second-order valence-corrected chi connectivity index (χ2v) is 9.32. The third kappa shape index (κ3) is 7.09. The molecule has 1 heterocycles. The zero-order valence-corrected chi connectivity index (χ0v) is 18.2. The summed E-state index contributed by atoms with van der Waals surface area (Å²) in [4.78, 5) is 24.1. The van der Waals surface area contributed by atoms with Gasteiger partial charge in [-0.2, -0.15) is 0 Å². The molecule has 0 radical (unpaired) electrons. The number of hydrogen-bond acceptors (Lipinski definition) is 6. The maximum atomic E-state index is 12.5. The van der Waals surface area contributed by atoms with Crippen molar-refractivity contribution in [3.8, 4) is 0 Å². The van der Waals surface area contributed by atoms with Crippen molar-refractivity contribution in [3.05, 3.63) is 0 Å². The SMILES string of the molecule is CC(=O)N[C@H](C(=O)OC(C)(C)C)[C@H](CN)CCCB1OC(C)(C)C(C)(C)O1. The van der Waals surface area contributed by atoms with Crippen LogP contribution in [0.15, 0.2) is 0 Å². The summed E-state index contributed by atoms with van der Waals surface area (Å²) in [6, 6.07) is -0.759. The first-order chi connectivity index (χ1) is 12.2. The summed E-state index contributed by atoms with van der Waals surface area (Å²) in [6.45, 7) is 15.1. The Morgan fingerprint density at radius 1 is 1.15 bits per heavy atom. The lowest BCUT2D eigenvalue weighted by Gasteiger charge is -2.32. The van der Waals surface area contributed by atoms with E-state index in [0.717, 1.165) is 6.42 Å². The van der Waals surface area contributed by atoms with Crippen LogP contribution in [0.25, 0.3) is 0 Å². The molecule has 3 N–H and O–H groups in total. The number of amides is 1. The van der Waals surface area contributed by atoms with Crippen molar-refractivity contribution in [3.63, 3.8) is 0 Å². The van der Waals surface area contributed by atoms with Gasteiger partial charge in [0.05, 0.1) is 11.2 Å². The van der Waals surface area contributed by atoms with E-state index < -0.39 is 17.6 Å². The largest absolute Gasteiger partial charge is 0.458 e. The minimum Gasteiger partial charge on any atom is -0.458 e. The van der Waals surface area contributed by atoms with Crippen molar-refractivity contribution in [1.29, 1.82) is 0 Å². The fourth-order valence-corrected chi connectivity index (χ4v) is 3.00. The number of ether oxygens (including phenoxy) is 1. The first kappa shape index (κ1) is 23.9. The highest BCUT2D eigenvalue weighted by Crippen LogP contribution is 2.38. The Kier molecular flexibility index (Phi) is 7.91. The molecule has 156 valence electrons. The molecule has 8 heteroatoms. The molecule has 0 aromatic rings. The molecule has 1 aliphatic rings. The lowest BCUT2D eigenvalue weighted by molar-refractivity contribution is -0.160. The van der Waals surface area contributed by atoms with Crippen LogP contribution in [0.2, 0.25) is 6.32 Å². The second kappa shape index (κ2) is 8.92. The molecule has 0 aliphatic carbocycles. The van der Waals surface area contributed by atoms with Gasteiger partial charge in [0.1, 0.15) is 11.6 Å². The summed E-state index contributed by atoms with van der Waals surface area (Å²) >= 11 is 0. The zero-order valence-electron chi connectivity index (χ0n) is 18.2. The van der Waals surface area contributed by atoms with E-state index >= 15 is 0 Å². The number of carbonyl (C=O) groups is 2. The molecule has 1 aliphatic heterocycles. The molecule has 0 aromatic heterocycles. The summed E-state index contributed by atoms with van der Waals surface area (Å²) < 4.78 is 17.5. The number of nitrogens with two attached hydrogens (primary N) is 1. The minimum atomic E-state index is -0.759. The Hall–Kier alpha value is -1.12. The van der Waals surface area contributed by atoms with Gasteiger partial charge in [-0.05, 0) is 67.8 Å². The van der Waals surface area contributed by atoms with Gasteiger partial charge in [-0.15, -0.1) is 0 Å². The van der Waals surface area contributed by atoms with E-state index in [-0.39, 0.29) is 36.7 Å². The highest BCUT2D eigenvalue weighted by atomic mass is 16.7. The molecule has 7 nitrogen and oxygen atoms in total. The van der Waals surface area contributed by atoms with Crippen molar-refractivity contribution in [1.82, 2.24) is 5.32 Å². The van der Waals surface area contributed by atoms with Gasteiger partial charge in [-0.1, -0.05) is 6.42 Å². The maximum Gasteiger partial charge on any atom is 0.457 e. The van der Waals surface area contributed by atoms with E-state index in [1.54, 1.807) is 20.8 Å². The average molecular weight is 384 g/mol. The fraction of sp³-hybridized carbons (Fsp3) is 0.895. The zero-order chi connectivity index (χ0) is 21.0. The molecular weight excluding hydrogens is 347 g/mol. The molecule has 1 amide bonds. The topological polar surface area (TPSA) is 99.9 Å². The first-order valence-corrected chi connectivity index (χ1v) is 9.74. The van der Waals surface area contributed by atoms with E-state index in [1.165, 1.54) is 6.92 Å². The standard InChI is InChI=1S/C19H37BN2O5/c1-13(23)22-15(16(24)25-17(2,3)4)14(12-21)10-9-11-20-26-18(5,6)19(7,8)27-20/h14-15H,9-12,21H2,1-8H3,(H,22,23)/t14-,15-/m0/s1. The number of hydrogen-bond donors (Lipinski definition) is 2. The number of rotatable bonds is 8. The van der Waals surface area contributed by atoms with Crippen LogP contribution in [-0.2, 0) is 23.6 Å². The normalized spacial score (nSPS) is 20.9. The van der Waals surface area contributed by atoms with Crippen molar-refractivity contribution in [2.45, 2.75) is 97.4 Å². The fourth-order valence-electron chi connectivity index (χ4n) is 3.00.